The van der Waals surface area contributed by atoms with E-state index in [0.29, 0.717) is 13.0 Å². The molecule has 25 heavy (non-hydrogen) atoms. The van der Waals surface area contributed by atoms with E-state index >= 15 is 0 Å². The summed E-state index contributed by atoms with van der Waals surface area (Å²) in [6, 6.07) is 24.2. The van der Waals surface area contributed by atoms with Crippen molar-refractivity contribution in [2.75, 3.05) is 0 Å². The summed E-state index contributed by atoms with van der Waals surface area (Å²) in [5.74, 6) is 0.0777. The zero-order valence-electron chi connectivity index (χ0n) is 14.4. The van der Waals surface area contributed by atoms with Crippen molar-refractivity contribution in [3.63, 3.8) is 0 Å². The highest BCUT2D eigenvalue weighted by Crippen LogP contribution is 2.30. The molecule has 1 unspecified atom stereocenters. The Labute approximate surface area is 148 Å². The van der Waals surface area contributed by atoms with Crippen molar-refractivity contribution >= 4 is 5.91 Å². The molecule has 0 bridgehead atoms. The smallest absolute Gasteiger partial charge is 0.221 e. The third-order valence-corrected chi connectivity index (χ3v) is 4.35. The first-order chi connectivity index (χ1) is 12.2. The van der Waals surface area contributed by atoms with Crippen LogP contribution in [0.1, 0.15) is 34.7 Å². The molecule has 0 spiro atoms. The van der Waals surface area contributed by atoms with Gasteiger partial charge in [0.15, 0.2) is 0 Å². The quantitative estimate of drug-likeness (QED) is 0.735. The van der Waals surface area contributed by atoms with E-state index in [0.717, 1.165) is 11.3 Å². The summed E-state index contributed by atoms with van der Waals surface area (Å²) in [5.41, 5.74) is 4.42. The van der Waals surface area contributed by atoms with E-state index in [-0.39, 0.29) is 11.8 Å². The number of rotatable bonds is 6. The molecule has 1 N–H and O–H groups in total. The molecule has 0 aliphatic carbocycles. The van der Waals surface area contributed by atoms with Crippen LogP contribution in [0.4, 0.5) is 0 Å². The van der Waals surface area contributed by atoms with Crippen molar-refractivity contribution in [2.24, 2.45) is 0 Å². The Morgan fingerprint density at radius 2 is 1.68 bits per heavy atom. The molecular weight excluding hydrogens is 308 g/mol. The van der Waals surface area contributed by atoms with Crippen LogP contribution in [0.2, 0.25) is 0 Å². The molecule has 3 aromatic rings. The standard InChI is InChI=1S/C22H22N2O/c1-17-9-5-6-13-20(17)21(18-10-3-2-4-11-18)15-22(25)24-16-19-12-7-8-14-23-19/h2-14,21H,15-16H2,1H3,(H,24,25). The second-order valence-corrected chi connectivity index (χ2v) is 6.12. The van der Waals surface area contributed by atoms with Crippen LogP contribution in [-0.2, 0) is 11.3 Å². The summed E-state index contributed by atoms with van der Waals surface area (Å²) in [4.78, 5) is 16.8. The van der Waals surface area contributed by atoms with E-state index in [9.17, 15) is 4.79 Å². The van der Waals surface area contributed by atoms with Gasteiger partial charge >= 0.3 is 0 Å². The summed E-state index contributed by atoms with van der Waals surface area (Å²) in [6.07, 6.45) is 2.16. The van der Waals surface area contributed by atoms with Gasteiger partial charge < -0.3 is 5.32 Å². The van der Waals surface area contributed by atoms with Crippen LogP contribution in [0.3, 0.4) is 0 Å². The molecule has 1 aromatic heterocycles. The third kappa shape index (κ3) is 4.54. The Morgan fingerprint density at radius 1 is 0.960 bits per heavy atom. The SMILES string of the molecule is Cc1ccccc1C(CC(=O)NCc1ccccn1)c1ccccc1. The fourth-order valence-electron chi connectivity index (χ4n) is 3.02. The molecule has 1 amide bonds. The monoisotopic (exact) mass is 330 g/mol. The van der Waals surface area contributed by atoms with Crippen LogP contribution in [0.15, 0.2) is 79.0 Å². The van der Waals surface area contributed by atoms with Gasteiger partial charge in [-0.15, -0.1) is 0 Å². The lowest BCUT2D eigenvalue weighted by atomic mass is 9.86. The molecule has 1 heterocycles. The largest absolute Gasteiger partial charge is 0.350 e. The summed E-state index contributed by atoms with van der Waals surface area (Å²) in [6.45, 7) is 2.55. The van der Waals surface area contributed by atoms with E-state index in [1.54, 1.807) is 6.20 Å². The fourth-order valence-corrected chi connectivity index (χ4v) is 3.02. The van der Waals surface area contributed by atoms with E-state index in [1.807, 2.05) is 48.5 Å². The van der Waals surface area contributed by atoms with Gasteiger partial charge in [-0.25, -0.2) is 0 Å². The number of carbonyl (C=O) groups excluding carboxylic acids is 1. The van der Waals surface area contributed by atoms with Crippen molar-refractivity contribution < 1.29 is 4.79 Å². The minimum atomic E-state index is 0.0303. The molecule has 126 valence electrons. The number of benzene rings is 2. The lowest BCUT2D eigenvalue weighted by Gasteiger charge is -2.20. The van der Waals surface area contributed by atoms with Crippen molar-refractivity contribution in [1.29, 1.82) is 0 Å². The Balaban J connectivity index is 1.76. The van der Waals surface area contributed by atoms with Crippen molar-refractivity contribution in [3.05, 3.63) is 101 Å². The number of aromatic nitrogens is 1. The highest BCUT2D eigenvalue weighted by Gasteiger charge is 2.19. The normalized spacial score (nSPS) is 11.7. The molecule has 3 nitrogen and oxygen atoms in total. The van der Waals surface area contributed by atoms with Gasteiger partial charge in [0.05, 0.1) is 12.2 Å². The molecule has 0 fully saturated rings. The average molecular weight is 330 g/mol. The summed E-state index contributed by atoms with van der Waals surface area (Å²) in [5, 5.41) is 2.99. The van der Waals surface area contributed by atoms with Crippen LogP contribution in [0.5, 0.6) is 0 Å². The molecule has 3 heteroatoms. The molecular formula is C22H22N2O. The van der Waals surface area contributed by atoms with Crippen LogP contribution < -0.4 is 5.32 Å². The van der Waals surface area contributed by atoms with Gasteiger partial charge in [-0.2, -0.15) is 0 Å². The van der Waals surface area contributed by atoms with E-state index in [1.165, 1.54) is 11.1 Å². The second kappa shape index (κ2) is 8.25. The predicted molar refractivity (Wildman–Crippen MR) is 100 cm³/mol. The Kier molecular flexibility index (Phi) is 5.57. The maximum absolute atomic E-state index is 12.5. The number of pyridine rings is 1. The van der Waals surface area contributed by atoms with E-state index in [2.05, 4.69) is 41.5 Å². The van der Waals surface area contributed by atoms with Gasteiger partial charge in [0.2, 0.25) is 5.91 Å². The zero-order chi connectivity index (χ0) is 17.5. The minimum absolute atomic E-state index is 0.0303. The summed E-state index contributed by atoms with van der Waals surface area (Å²) < 4.78 is 0. The van der Waals surface area contributed by atoms with Crippen molar-refractivity contribution in [1.82, 2.24) is 10.3 Å². The highest BCUT2D eigenvalue weighted by atomic mass is 16.1. The molecule has 0 aliphatic rings. The minimum Gasteiger partial charge on any atom is -0.350 e. The Morgan fingerprint density at radius 3 is 2.40 bits per heavy atom. The van der Waals surface area contributed by atoms with Crippen molar-refractivity contribution in [2.45, 2.75) is 25.8 Å². The maximum atomic E-state index is 12.5. The van der Waals surface area contributed by atoms with Gasteiger partial charge in [-0.3, -0.25) is 9.78 Å². The highest BCUT2D eigenvalue weighted by molar-refractivity contribution is 5.77. The first kappa shape index (κ1) is 16.9. The first-order valence-corrected chi connectivity index (χ1v) is 8.51. The van der Waals surface area contributed by atoms with Crippen LogP contribution in [0.25, 0.3) is 0 Å². The molecule has 0 aliphatic heterocycles. The summed E-state index contributed by atoms with van der Waals surface area (Å²) in [7, 11) is 0. The molecule has 3 rings (SSSR count). The van der Waals surface area contributed by atoms with E-state index in [4.69, 9.17) is 0 Å². The number of aryl methyl sites for hydroxylation is 1. The van der Waals surface area contributed by atoms with Gasteiger partial charge in [-0.05, 0) is 35.7 Å². The second-order valence-electron chi connectivity index (χ2n) is 6.12. The van der Waals surface area contributed by atoms with Gasteiger partial charge in [0.25, 0.3) is 0 Å². The van der Waals surface area contributed by atoms with Crippen LogP contribution in [-0.4, -0.2) is 10.9 Å². The molecule has 0 saturated heterocycles. The lowest BCUT2D eigenvalue weighted by Crippen LogP contribution is -2.25. The number of nitrogens with zero attached hydrogens (tertiary/aromatic N) is 1. The third-order valence-electron chi connectivity index (χ3n) is 4.35. The van der Waals surface area contributed by atoms with Crippen LogP contribution >= 0.6 is 0 Å². The molecule has 2 aromatic carbocycles. The molecule has 0 saturated carbocycles. The summed E-state index contributed by atoms with van der Waals surface area (Å²) >= 11 is 0. The van der Waals surface area contributed by atoms with Gasteiger partial charge in [0, 0.05) is 18.5 Å². The maximum Gasteiger partial charge on any atom is 0.221 e. The number of hydrogen-bond donors (Lipinski definition) is 1. The lowest BCUT2D eigenvalue weighted by molar-refractivity contribution is -0.121. The predicted octanol–water partition coefficient (Wildman–Crippen LogP) is 4.23. The fraction of sp³-hybridized carbons (Fsp3) is 0.182. The Hall–Kier alpha value is -2.94. The van der Waals surface area contributed by atoms with E-state index < -0.39 is 0 Å². The van der Waals surface area contributed by atoms with Crippen molar-refractivity contribution in [3.8, 4) is 0 Å². The van der Waals surface area contributed by atoms with Gasteiger partial charge in [0.1, 0.15) is 0 Å². The van der Waals surface area contributed by atoms with Crippen LogP contribution in [0, 0.1) is 6.92 Å². The first-order valence-electron chi connectivity index (χ1n) is 8.51. The average Bonchev–Trinajstić information content (AvgIpc) is 2.67. The number of amides is 1. The number of hydrogen-bond acceptors (Lipinski definition) is 2. The number of carbonyl (C=O) groups is 1. The Bertz CT molecular complexity index is 816. The zero-order valence-corrected chi connectivity index (χ0v) is 14.4. The molecule has 0 radical (unpaired) electrons. The molecule has 1 atom stereocenters. The van der Waals surface area contributed by atoms with Gasteiger partial charge in [-0.1, -0.05) is 60.7 Å². The number of nitrogens with one attached hydrogen (secondary N) is 1. The topological polar surface area (TPSA) is 42.0 Å².